The maximum absolute atomic E-state index is 3.48. The average Bonchev–Trinajstić information content (AvgIpc) is 3.89. The second-order valence-electron chi connectivity index (χ2n) is 16.5. The number of aromatic nitrogens is 1. The molecular formula is C66H60BrN. The summed E-state index contributed by atoms with van der Waals surface area (Å²) < 4.78 is 3.51. The Kier molecular flexibility index (Phi) is 16.6. The van der Waals surface area contributed by atoms with Gasteiger partial charge in [0.05, 0.1) is 16.4 Å². The van der Waals surface area contributed by atoms with Crippen molar-refractivity contribution in [1.82, 2.24) is 4.57 Å². The highest BCUT2D eigenvalue weighted by Gasteiger charge is 2.46. The van der Waals surface area contributed by atoms with E-state index in [1.54, 1.807) is 12.2 Å². The van der Waals surface area contributed by atoms with E-state index in [2.05, 4.69) is 259 Å². The normalized spacial score (nSPS) is 11.6. The van der Waals surface area contributed by atoms with Gasteiger partial charge in [0, 0.05) is 20.9 Å². The highest BCUT2D eigenvalue weighted by molar-refractivity contribution is 9.10. The van der Waals surface area contributed by atoms with Gasteiger partial charge in [0.1, 0.15) is 0 Å². The molecule has 0 spiro atoms. The predicted octanol–water partition coefficient (Wildman–Crippen LogP) is 19.2. The molecule has 336 valence electrons. The zero-order valence-corrected chi connectivity index (χ0v) is 41.5. The molecule has 9 aromatic carbocycles. The fourth-order valence-electron chi connectivity index (χ4n) is 9.22. The van der Waals surface area contributed by atoms with Crippen LogP contribution in [0, 0.1) is 6.92 Å². The van der Waals surface area contributed by atoms with Crippen molar-refractivity contribution in [3.63, 3.8) is 0 Å². The fraction of sp³-hybridized carbons (Fsp3) is 0.0909. The molecule has 0 unspecified atom stereocenters. The van der Waals surface area contributed by atoms with Crippen molar-refractivity contribution in [2.45, 2.75) is 40.0 Å². The average molecular weight is 947 g/mol. The number of para-hydroxylation sites is 2. The minimum absolute atomic E-state index is 0.395. The first kappa shape index (κ1) is 48.4. The molecule has 1 aromatic heterocycles. The Hall–Kier alpha value is -7.52. The van der Waals surface area contributed by atoms with Crippen molar-refractivity contribution in [1.29, 1.82) is 0 Å². The van der Waals surface area contributed by atoms with Gasteiger partial charge in [-0.2, -0.15) is 0 Å². The van der Waals surface area contributed by atoms with Crippen LogP contribution in [0.15, 0.2) is 266 Å². The number of fused-ring (bicyclic) bond motifs is 6. The molecule has 0 N–H and O–H groups in total. The molecule has 1 aliphatic rings. The lowest BCUT2D eigenvalue weighted by molar-refractivity contribution is 0.768. The highest BCUT2D eigenvalue weighted by atomic mass is 79.9. The monoisotopic (exact) mass is 945 g/mol. The standard InChI is InChI=1S/C43H29N.C13H11Br.C4H8.2C3H6/c1-3-14-31(15-4-1)43(32-16-5-2-6-17-32)38-22-10-7-20-37(38)42-34(21-13-23-39(42)43)30-26-28-33(29-27-30)44-40-24-11-8-18-35(40)36-19-9-12-25-41(36)44;1-10-4-2-5-11(8-10)12-6-3-7-13(14)9-12;1-3-4-2;2*1-3-2/h1-29H;2-9H,1H3;3-4H,1-2H3;2*3H,1H2,2H3/b;;4-3-;;. The van der Waals surface area contributed by atoms with E-state index < -0.39 is 5.41 Å². The van der Waals surface area contributed by atoms with Crippen LogP contribution >= 0.6 is 15.9 Å². The van der Waals surface area contributed by atoms with Crippen molar-refractivity contribution in [2.24, 2.45) is 0 Å². The summed E-state index contributed by atoms with van der Waals surface area (Å²) >= 11 is 3.48. The lowest BCUT2D eigenvalue weighted by atomic mass is 9.67. The molecule has 11 rings (SSSR count). The minimum Gasteiger partial charge on any atom is -0.309 e. The Morgan fingerprint density at radius 3 is 1.43 bits per heavy atom. The van der Waals surface area contributed by atoms with Crippen LogP contribution in [0.1, 0.15) is 55.5 Å². The smallest absolute Gasteiger partial charge is 0.0713 e. The van der Waals surface area contributed by atoms with Gasteiger partial charge in [-0.25, -0.2) is 0 Å². The number of halogens is 1. The summed E-state index contributed by atoms with van der Waals surface area (Å²) in [7, 11) is 0. The number of rotatable bonds is 5. The maximum Gasteiger partial charge on any atom is 0.0713 e. The van der Waals surface area contributed by atoms with Gasteiger partial charge in [0.2, 0.25) is 0 Å². The zero-order chi connectivity index (χ0) is 47.9. The number of allylic oxidation sites excluding steroid dienone is 4. The summed E-state index contributed by atoms with van der Waals surface area (Å²) in [5.41, 5.74) is 17.4. The highest BCUT2D eigenvalue weighted by Crippen LogP contribution is 2.58. The molecule has 0 aliphatic heterocycles. The van der Waals surface area contributed by atoms with Crippen molar-refractivity contribution in [2.75, 3.05) is 0 Å². The van der Waals surface area contributed by atoms with Crippen LogP contribution in [-0.2, 0) is 5.41 Å². The Balaban J connectivity index is 0.000000236. The number of nitrogens with zero attached hydrogens (tertiary/aromatic N) is 1. The summed E-state index contributed by atoms with van der Waals surface area (Å²) in [6.45, 7) is 16.6. The van der Waals surface area contributed by atoms with Gasteiger partial charge in [-0.3, -0.25) is 0 Å². The summed E-state index contributed by atoms with van der Waals surface area (Å²) in [5.74, 6) is 0. The Morgan fingerprint density at radius 2 is 0.882 bits per heavy atom. The van der Waals surface area contributed by atoms with Gasteiger partial charge < -0.3 is 4.57 Å². The van der Waals surface area contributed by atoms with Crippen LogP contribution in [0.4, 0.5) is 0 Å². The minimum atomic E-state index is -0.395. The first-order chi connectivity index (χ1) is 33.4. The van der Waals surface area contributed by atoms with E-state index in [0.29, 0.717) is 0 Å². The van der Waals surface area contributed by atoms with Crippen molar-refractivity contribution in [3.05, 3.63) is 294 Å². The Morgan fingerprint density at radius 1 is 0.426 bits per heavy atom. The largest absolute Gasteiger partial charge is 0.309 e. The lowest BCUT2D eigenvalue weighted by Crippen LogP contribution is -2.28. The van der Waals surface area contributed by atoms with Crippen LogP contribution in [0.25, 0.3) is 60.9 Å². The second-order valence-corrected chi connectivity index (χ2v) is 17.5. The van der Waals surface area contributed by atoms with Crippen molar-refractivity contribution in [3.8, 4) is 39.1 Å². The maximum atomic E-state index is 3.48. The number of hydrogen-bond acceptors (Lipinski definition) is 0. The van der Waals surface area contributed by atoms with E-state index in [1.807, 2.05) is 45.9 Å². The molecule has 68 heavy (non-hydrogen) atoms. The Bertz CT molecular complexity index is 3120. The first-order valence-electron chi connectivity index (χ1n) is 23.3. The number of aryl methyl sites for hydroxylation is 1. The van der Waals surface area contributed by atoms with E-state index in [-0.39, 0.29) is 0 Å². The van der Waals surface area contributed by atoms with E-state index in [4.69, 9.17) is 0 Å². The molecule has 0 amide bonds. The van der Waals surface area contributed by atoms with Crippen molar-refractivity contribution < 1.29 is 0 Å². The number of hydrogen-bond donors (Lipinski definition) is 0. The van der Waals surface area contributed by atoms with Gasteiger partial charge in [0.25, 0.3) is 0 Å². The number of benzene rings is 9. The lowest BCUT2D eigenvalue weighted by Gasteiger charge is -2.34. The first-order valence-corrected chi connectivity index (χ1v) is 24.1. The quantitative estimate of drug-likeness (QED) is 0.152. The predicted molar refractivity (Wildman–Crippen MR) is 300 cm³/mol. The third-order valence-corrected chi connectivity index (χ3v) is 12.5. The van der Waals surface area contributed by atoms with E-state index in [9.17, 15) is 0 Å². The fourth-order valence-corrected chi connectivity index (χ4v) is 9.62. The molecule has 0 saturated heterocycles. The topological polar surface area (TPSA) is 4.93 Å². The molecule has 0 saturated carbocycles. The van der Waals surface area contributed by atoms with Crippen LogP contribution in [0.3, 0.4) is 0 Å². The molecule has 0 bridgehead atoms. The van der Waals surface area contributed by atoms with Gasteiger partial charge in [-0.15, -0.1) is 13.2 Å². The SMILES string of the molecule is C/C=C\C.C=CC.C=CC.Cc1cccc(-c2cccc(Br)c2)c1.c1ccc(C2(c3ccccc3)c3ccccc3-c3c(-c4ccc(-n5c6ccccc6c6ccccc65)cc4)cccc32)cc1. The zero-order valence-electron chi connectivity index (χ0n) is 39.9. The van der Waals surface area contributed by atoms with E-state index >= 15 is 0 Å². The van der Waals surface area contributed by atoms with Gasteiger partial charge >= 0.3 is 0 Å². The summed E-state index contributed by atoms with van der Waals surface area (Å²) in [6.07, 6.45) is 7.50. The second kappa shape index (κ2) is 23.3. The van der Waals surface area contributed by atoms with Crippen LogP contribution in [0.2, 0.25) is 0 Å². The van der Waals surface area contributed by atoms with E-state index in [1.165, 1.54) is 88.7 Å². The summed E-state index contributed by atoms with van der Waals surface area (Å²) in [5, 5.41) is 2.56. The molecule has 0 atom stereocenters. The summed E-state index contributed by atoms with van der Waals surface area (Å²) in [4.78, 5) is 0. The van der Waals surface area contributed by atoms with E-state index in [0.717, 1.165) is 4.47 Å². The Labute approximate surface area is 413 Å². The molecule has 0 radical (unpaired) electrons. The molecule has 0 fully saturated rings. The molecule has 10 aromatic rings. The third-order valence-electron chi connectivity index (χ3n) is 12.0. The van der Waals surface area contributed by atoms with Crippen LogP contribution in [0.5, 0.6) is 0 Å². The van der Waals surface area contributed by atoms with Crippen molar-refractivity contribution >= 4 is 37.7 Å². The molecule has 1 heterocycles. The third kappa shape index (κ3) is 10.1. The van der Waals surface area contributed by atoms with Crippen LogP contribution in [-0.4, -0.2) is 4.57 Å². The molecule has 2 heteroatoms. The molecule has 1 aliphatic carbocycles. The van der Waals surface area contributed by atoms with Gasteiger partial charge in [0.15, 0.2) is 0 Å². The molecular weight excluding hydrogens is 887 g/mol. The molecule has 1 nitrogen and oxygen atoms in total. The van der Waals surface area contributed by atoms with Gasteiger partial charge in [-0.1, -0.05) is 234 Å². The summed E-state index contributed by atoms with van der Waals surface area (Å²) in [6, 6.07) is 81.3. The van der Waals surface area contributed by atoms with Gasteiger partial charge in [-0.05, 0) is 127 Å². The van der Waals surface area contributed by atoms with Crippen LogP contribution < -0.4 is 0 Å².